The summed E-state index contributed by atoms with van der Waals surface area (Å²) >= 11 is 6.24. The second-order valence-corrected chi connectivity index (χ2v) is 6.00. The number of hydrogen-bond donors (Lipinski definition) is 1. The highest BCUT2D eigenvalue weighted by atomic mass is 35.5. The molecule has 0 fully saturated rings. The van der Waals surface area contributed by atoms with E-state index in [9.17, 15) is 9.90 Å². The number of carboxylic acid groups (broad SMARTS) is 1. The van der Waals surface area contributed by atoms with E-state index in [0.29, 0.717) is 33.2 Å². The van der Waals surface area contributed by atoms with Crippen LogP contribution in [0.15, 0.2) is 60.7 Å². The quantitative estimate of drug-likeness (QED) is 0.656. The van der Waals surface area contributed by atoms with Gasteiger partial charge in [-0.3, -0.25) is 0 Å². The number of benzene rings is 3. The van der Waals surface area contributed by atoms with Gasteiger partial charge in [0.2, 0.25) is 0 Å². The summed E-state index contributed by atoms with van der Waals surface area (Å²) in [6, 6.07) is 18.0. The highest BCUT2D eigenvalue weighted by Gasteiger charge is 2.19. The lowest BCUT2D eigenvalue weighted by Gasteiger charge is -2.16. The van der Waals surface area contributed by atoms with Gasteiger partial charge in [-0.05, 0) is 34.9 Å². The van der Waals surface area contributed by atoms with Crippen LogP contribution < -0.4 is 9.47 Å². The second kappa shape index (κ2) is 7.50. The van der Waals surface area contributed by atoms with Crippen molar-refractivity contribution in [2.75, 3.05) is 14.2 Å². The summed E-state index contributed by atoms with van der Waals surface area (Å²) in [5.41, 5.74) is 2.93. The van der Waals surface area contributed by atoms with Crippen LogP contribution in [0.1, 0.15) is 10.4 Å². The Morgan fingerprint density at radius 2 is 1.65 bits per heavy atom. The third kappa shape index (κ3) is 3.24. The Kier molecular flexibility index (Phi) is 5.14. The predicted octanol–water partition coefficient (Wildman–Crippen LogP) is 5.39. The van der Waals surface area contributed by atoms with Crippen molar-refractivity contribution >= 4 is 17.6 Å². The number of halogens is 1. The molecule has 3 rings (SSSR count). The average Bonchev–Trinajstić information content (AvgIpc) is 2.67. The van der Waals surface area contributed by atoms with E-state index < -0.39 is 5.97 Å². The second-order valence-electron chi connectivity index (χ2n) is 5.59. The van der Waals surface area contributed by atoms with Crippen molar-refractivity contribution in [3.8, 4) is 33.8 Å². The van der Waals surface area contributed by atoms with Gasteiger partial charge >= 0.3 is 5.97 Å². The van der Waals surface area contributed by atoms with E-state index in [4.69, 9.17) is 21.1 Å². The third-order valence-corrected chi connectivity index (χ3v) is 4.42. The topological polar surface area (TPSA) is 55.8 Å². The van der Waals surface area contributed by atoms with E-state index in [0.717, 1.165) is 5.56 Å². The zero-order chi connectivity index (χ0) is 18.7. The maximum Gasteiger partial charge on any atom is 0.336 e. The Morgan fingerprint density at radius 3 is 2.27 bits per heavy atom. The summed E-state index contributed by atoms with van der Waals surface area (Å²) in [6.07, 6.45) is 0. The van der Waals surface area contributed by atoms with Gasteiger partial charge in [-0.2, -0.15) is 0 Å². The molecule has 0 heterocycles. The Bertz CT molecular complexity index is 952. The third-order valence-electron chi connectivity index (χ3n) is 4.12. The molecule has 132 valence electrons. The van der Waals surface area contributed by atoms with Gasteiger partial charge in [0.15, 0.2) is 0 Å². The first-order chi connectivity index (χ1) is 12.6. The van der Waals surface area contributed by atoms with Crippen LogP contribution in [0, 0.1) is 0 Å². The van der Waals surface area contributed by atoms with Gasteiger partial charge in [0.05, 0.1) is 30.4 Å². The minimum absolute atomic E-state index is 0.192. The Morgan fingerprint density at radius 1 is 0.923 bits per heavy atom. The molecule has 0 bridgehead atoms. The van der Waals surface area contributed by atoms with Crippen molar-refractivity contribution in [1.29, 1.82) is 0 Å². The van der Waals surface area contributed by atoms with Crippen LogP contribution in [0.5, 0.6) is 11.5 Å². The molecule has 0 aliphatic rings. The molecule has 1 N–H and O–H groups in total. The molecule has 0 saturated carbocycles. The number of rotatable bonds is 5. The molecular weight excluding hydrogens is 352 g/mol. The molecule has 0 saturated heterocycles. The van der Waals surface area contributed by atoms with Crippen LogP contribution in [0.3, 0.4) is 0 Å². The lowest BCUT2D eigenvalue weighted by atomic mass is 9.94. The maximum atomic E-state index is 11.9. The van der Waals surface area contributed by atoms with Gasteiger partial charge in [0.25, 0.3) is 0 Å². The van der Waals surface area contributed by atoms with Crippen molar-refractivity contribution in [2.45, 2.75) is 0 Å². The maximum absolute atomic E-state index is 11.9. The summed E-state index contributed by atoms with van der Waals surface area (Å²) < 4.78 is 10.9. The monoisotopic (exact) mass is 368 g/mol. The van der Waals surface area contributed by atoms with Gasteiger partial charge in [0, 0.05) is 0 Å². The molecule has 26 heavy (non-hydrogen) atoms. The molecule has 0 atom stereocenters. The van der Waals surface area contributed by atoms with Crippen molar-refractivity contribution in [3.05, 3.63) is 71.2 Å². The number of aromatic carboxylic acids is 1. The van der Waals surface area contributed by atoms with Crippen LogP contribution in [0.25, 0.3) is 22.3 Å². The van der Waals surface area contributed by atoms with E-state index in [1.807, 2.05) is 36.4 Å². The van der Waals surface area contributed by atoms with Gasteiger partial charge < -0.3 is 14.6 Å². The Labute approximate surface area is 156 Å². The molecule has 3 aromatic carbocycles. The highest BCUT2D eigenvalue weighted by Crippen LogP contribution is 2.43. The van der Waals surface area contributed by atoms with E-state index in [2.05, 4.69) is 0 Å². The van der Waals surface area contributed by atoms with Gasteiger partial charge in [-0.1, -0.05) is 54.1 Å². The van der Waals surface area contributed by atoms with Gasteiger partial charge in [0.1, 0.15) is 11.5 Å². The fourth-order valence-corrected chi connectivity index (χ4v) is 3.16. The normalized spacial score (nSPS) is 10.4. The van der Waals surface area contributed by atoms with Crippen molar-refractivity contribution in [3.63, 3.8) is 0 Å². The standard InChI is InChI=1S/C21H17ClO4/c1-25-18-11-10-17(22)20(26-2)19(18)14-8-9-15(16(12-14)21(23)24)13-6-4-3-5-7-13/h3-12H,1-2H3,(H,23,24). The largest absolute Gasteiger partial charge is 0.496 e. The zero-order valence-corrected chi connectivity index (χ0v) is 15.1. The van der Waals surface area contributed by atoms with Gasteiger partial charge in [-0.15, -0.1) is 0 Å². The minimum Gasteiger partial charge on any atom is -0.496 e. The molecule has 0 spiro atoms. The molecule has 5 heteroatoms. The molecule has 0 aromatic heterocycles. The molecule has 0 amide bonds. The molecule has 4 nitrogen and oxygen atoms in total. The van der Waals surface area contributed by atoms with Crippen LogP contribution in [0.2, 0.25) is 5.02 Å². The Hall–Kier alpha value is -2.98. The number of ether oxygens (including phenoxy) is 2. The lowest BCUT2D eigenvalue weighted by molar-refractivity contribution is 0.0697. The van der Waals surface area contributed by atoms with Crippen molar-refractivity contribution in [2.24, 2.45) is 0 Å². The first-order valence-electron chi connectivity index (χ1n) is 7.90. The average molecular weight is 369 g/mol. The number of carbonyl (C=O) groups is 1. The summed E-state index contributed by atoms with van der Waals surface area (Å²) in [5, 5.41) is 10.1. The van der Waals surface area contributed by atoms with Crippen molar-refractivity contribution in [1.82, 2.24) is 0 Å². The fourth-order valence-electron chi connectivity index (χ4n) is 2.93. The molecular formula is C21H17ClO4. The van der Waals surface area contributed by atoms with Crippen LogP contribution in [0.4, 0.5) is 0 Å². The van der Waals surface area contributed by atoms with Crippen LogP contribution in [-0.4, -0.2) is 25.3 Å². The number of methoxy groups -OCH3 is 2. The predicted molar refractivity (Wildman–Crippen MR) is 102 cm³/mol. The smallest absolute Gasteiger partial charge is 0.336 e. The molecule has 0 radical (unpaired) electrons. The summed E-state index contributed by atoms with van der Waals surface area (Å²) in [5.74, 6) is -0.0180. The zero-order valence-electron chi connectivity index (χ0n) is 14.3. The van der Waals surface area contributed by atoms with Crippen LogP contribution in [-0.2, 0) is 0 Å². The highest BCUT2D eigenvalue weighted by molar-refractivity contribution is 6.32. The van der Waals surface area contributed by atoms with E-state index in [1.165, 1.54) is 7.11 Å². The summed E-state index contributed by atoms with van der Waals surface area (Å²) in [4.78, 5) is 11.9. The molecule has 3 aromatic rings. The molecule has 0 unspecified atom stereocenters. The Balaban J connectivity index is 2.25. The van der Waals surface area contributed by atoms with E-state index in [1.54, 1.807) is 31.4 Å². The van der Waals surface area contributed by atoms with Crippen LogP contribution >= 0.6 is 11.6 Å². The molecule has 0 aliphatic heterocycles. The van der Waals surface area contributed by atoms with Crippen molar-refractivity contribution < 1.29 is 19.4 Å². The molecule has 0 aliphatic carbocycles. The minimum atomic E-state index is -1.01. The first-order valence-corrected chi connectivity index (χ1v) is 8.28. The summed E-state index contributed by atoms with van der Waals surface area (Å²) in [6.45, 7) is 0. The van der Waals surface area contributed by atoms with Gasteiger partial charge in [-0.25, -0.2) is 4.79 Å². The lowest BCUT2D eigenvalue weighted by Crippen LogP contribution is -2.01. The number of carboxylic acids is 1. The summed E-state index contributed by atoms with van der Waals surface area (Å²) in [7, 11) is 3.06. The fraction of sp³-hybridized carbons (Fsp3) is 0.0952. The van der Waals surface area contributed by atoms with E-state index in [-0.39, 0.29) is 5.56 Å². The number of hydrogen-bond acceptors (Lipinski definition) is 3. The SMILES string of the molecule is COc1ccc(Cl)c(OC)c1-c1ccc(-c2ccccc2)c(C(=O)O)c1. The first kappa shape index (κ1) is 17.8. The van der Waals surface area contributed by atoms with E-state index >= 15 is 0 Å².